The molecule has 0 spiro atoms. The Balaban J connectivity index is 2.26. The first-order valence-corrected chi connectivity index (χ1v) is 6.98. The van der Waals surface area contributed by atoms with Crippen molar-refractivity contribution in [2.45, 2.75) is 25.9 Å². The number of hydrogen-bond donors (Lipinski definition) is 0. The molecule has 98 valence electrons. The maximum atomic E-state index is 6.06. The van der Waals surface area contributed by atoms with Crippen LogP contribution in [0.15, 0.2) is 60.7 Å². The zero-order chi connectivity index (χ0) is 13.7. The monoisotopic (exact) mass is 272 g/mol. The molecule has 0 saturated carbocycles. The molecule has 0 aliphatic rings. The molecule has 0 N–H and O–H groups in total. The van der Waals surface area contributed by atoms with Crippen molar-refractivity contribution in [1.29, 1.82) is 0 Å². The molecule has 2 rings (SSSR count). The van der Waals surface area contributed by atoms with Crippen LogP contribution < -0.4 is 0 Å². The number of hydrogen-bond acceptors (Lipinski definition) is 0. The van der Waals surface area contributed by atoms with Gasteiger partial charge in [0, 0.05) is 25.0 Å². The summed E-state index contributed by atoms with van der Waals surface area (Å²) in [5.41, 5.74) is 4.19. The Morgan fingerprint density at radius 1 is 0.789 bits per heavy atom. The van der Waals surface area contributed by atoms with Gasteiger partial charge in [-0.3, -0.25) is 0 Å². The standard InChI is InChI=1S/C17H19ClN/c1-14(16-9-5-3-6-10-16)19(13-18)15(2)17-11-7-4-8-12-17/h3-15H,1-2H3/q+1/t14-,15-/m1/s1. The third kappa shape index (κ3) is 3.24. The summed E-state index contributed by atoms with van der Waals surface area (Å²) in [6, 6.07) is 21.3. The Hall–Kier alpha value is -1.60. The fourth-order valence-electron chi connectivity index (χ4n) is 2.31. The highest BCUT2D eigenvalue weighted by atomic mass is 35.5. The maximum absolute atomic E-state index is 6.06. The van der Waals surface area contributed by atoms with E-state index < -0.39 is 0 Å². The van der Waals surface area contributed by atoms with Gasteiger partial charge in [0.2, 0.25) is 5.67 Å². The highest BCUT2D eigenvalue weighted by Crippen LogP contribution is 2.25. The van der Waals surface area contributed by atoms with E-state index in [1.807, 2.05) is 12.1 Å². The van der Waals surface area contributed by atoms with E-state index in [9.17, 15) is 0 Å². The summed E-state index contributed by atoms with van der Waals surface area (Å²) in [5.74, 6) is 0. The van der Waals surface area contributed by atoms with Gasteiger partial charge < -0.3 is 0 Å². The first-order chi connectivity index (χ1) is 9.24. The molecule has 19 heavy (non-hydrogen) atoms. The molecule has 1 nitrogen and oxygen atoms in total. The van der Waals surface area contributed by atoms with Crippen LogP contribution in [-0.2, 0) is 0 Å². The van der Waals surface area contributed by atoms with Crippen LogP contribution in [0.3, 0.4) is 0 Å². The molecule has 0 aromatic heterocycles. The summed E-state index contributed by atoms with van der Waals surface area (Å²) in [6.07, 6.45) is 0. The van der Waals surface area contributed by atoms with Crippen LogP contribution in [0.5, 0.6) is 0 Å². The van der Waals surface area contributed by atoms with Gasteiger partial charge in [-0.15, -0.1) is 0 Å². The van der Waals surface area contributed by atoms with Gasteiger partial charge in [0.25, 0.3) is 0 Å². The highest BCUT2D eigenvalue weighted by molar-refractivity contribution is 6.54. The van der Waals surface area contributed by atoms with Crippen LogP contribution in [0.1, 0.15) is 37.1 Å². The van der Waals surface area contributed by atoms with E-state index in [0.717, 1.165) is 0 Å². The fraction of sp³-hybridized carbons (Fsp3) is 0.235. The van der Waals surface area contributed by atoms with Crippen molar-refractivity contribution in [1.82, 2.24) is 0 Å². The van der Waals surface area contributed by atoms with Crippen molar-refractivity contribution >= 4 is 17.3 Å². The SMILES string of the molecule is C[C@H](c1ccccc1)[N+](=CCl)[C@H](C)c1ccccc1. The van der Waals surface area contributed by atoms with Gasteiger partial charge in [0.1, 0.15) is 0 Å². The van der Waals surface area contributed by atoms with E-state index >= 15 is 0 Å². The summed E-state index contributed by atoms with van der Waals surface area (Å²) in [7, 11) is 0. The van der Waals surface area contributed by atoms with Gasteiger partial charge in [-0.1, -0.05) is 60.7 Å². The fourth-order valence-corrected chi connectivity index (χ4v) is 2.65. The number of benzene rings is 2. The van der Waals surface area contributed by atoms with Gasteiger partial charge in [-0.05, 0) is 11.6 Å². The molecule has 0 saturated heterocycles. The Morgan fingerprint density at radius 3 is 1.47 bits per heavy atom. The molecule has 0 unspecified atom stereocenters. The third-order valence-corrected chi connectivity index (χ3v) is 3.80. The topological polar surface area (TPSA) is 3.01 Å². The smallest absolute Gasteiger partial charge is 0.213 e. The van der Waals surface area contributed by atoms with Crippen molar-refractivity contribution in [3.05, 3.63) is 71.8 Å². The molecule has 2 atom stereocenters. The van der Waals surface area contributed by atoms with Crippen LogP contribution in [-0.4, -0.2) is 10.2 Å². The number of halogens is 1. The Labute approximate surface area is 120 Å². The molecule has 0 amide bonds. The molecule has 2 aromatic carbocycles. The van der Waals surface area contributed by atoms with E-state index in [-0.39, 0.29) is 12.1 Å². The van der Waals surface area contributed by atoms with Crippen LogP contribution in [0, 0.1) is 0 Å². The van der Waals surface area contributed by atoms with Gasteiger partial charge in [0.15, 0.2) is 12.1 Å². The summed E-state index contributed by atoms with van der Waals surface area (Å²) in [5, 5.41) is 0. The molecule has 0 bridgehead atoms. The first kappa shape index (κ1) is 13.8. The lowest BCUT2D eigenvalue weighted by atomic mass is 10.0. The van der Waals surface area contributed by atoms with E-state index in [4.69, 9.17) is 11.6 Å². The van der Waals surface area contributed by atoms with Crippen LogP contribution >= 0.6 is 11.6 Å². The van der Waals surface area contributed by atoms with E-state index in [1.165, 1.54) is 11.1 Å². The Bertz CT molecular complexity index is 486. The van der Waals surface area contributed by atoms with Crippen molar-refractivity contribution < 1.29 is 4.58 Å². The van der Waals surface area contributed by atoms with Gasteiger partial charge >= 0.3 is 0 Å². The van der Waals surface area contributed by atoms with Crippen molar-refractivity contribution in [3.63, 3.8) is 0 Å². The highest BCUT2D eigenvalue weighted by Gasteiger charge is 2.24. The minimum Gasteiger partial charge on any atom is -0.213 e. The first-order valence-electron chi connectivity index (χ1n) is 6.55. The Morgan fingerprint density at radius 2 is 1.16 bits per heavy atom. The van der Waals surface area contributed by atoms with E-state index in [1.54, 1.807) is 5.67 Å². The zero-order valence-corrected chi connectivity index (χ0v) is 12.1. The molecular weight excluding hydrogens is 254 g/mol. The molecule has 0 fully saturated rings. The second-order valence-corrected chi connectivity index (χ2v) is 4.91. The van der Waals surface area contributed by atoms with Gasteiger partial charge in [0.05, 0.1) is 0 Å². The largest absolute Gasteiger partial charge is 0.233 e. The lowest BCUT2D eigenvalue weighted by molar-refractivity contribution is -0.601. The van der Waals surface area contributed by atoms with E-state index in [2.05, 4.69) is 67.0 Å². The molecule has 0 radical (unpaired) electrons. The predicted molar refractivity (Wildman–Crippen MR) is 81.9 cm³/mol. The lowest BCUT2D eigenvalue weighted by Gasteiger charge is -2.17. The van der Waals surface area contributed by atoms with Crippen molar-refractivity contribution in [2.24, 2.45) is 0 Å². The van der Waals surface area contributed by atoms with Gasteiger partial charge in [-0.25, -0.2) is 4.58 Å². The predicted octanol–water partition coefficient (Wildman–Crippen LogP) is 4.79. The lowest BCUT2D eigenvalue weighted by Crippen LogP contribution is -2.20. The molecule has 2 heteroatoms. The van der Waals surface area contributed by atoms with E-state index in [0.29, 0.717) is 0 Å². The van der Waals surface area contributed by atoms with Crippen molar-refractivity contribution in [3.8, 4) is 0 Å². The molecule has 0 aliphatic heterocycles. The normalized spacial score (nSPS) is 13.6. The summed E-state index contributed by atoms with van der Waals surface area (Å²) < 4.78 is 2.17. The minimum atomic E-state index is 0.244. The molecule has 2 aromatic rings. The molecule has 0 heterocycles. The van der Waals surface area contributed by atoms with Crippen LogP contribution in [0.25, 0.3) is 0 Å². The third-order valence-electron chi connectivity index (χ3n) is 3.57. The van der Waals surface area contributed by atoms with Crippen LogP contribution in [0.4, 0.5) is 0 Å². The number of nitrogens with zero attached hydrogens (tertiary/aromatic N) is 1. The zero-order valence-electron chi connectivity index (χ0n) is 11.3. The second-order valence-electron chi connectivity index (χ2n) is 4.72. The summed E-state index contributed by atoms with van der Waals surface area (Å²) in [4.78, 5) is 0. The maximum Gasteiger partial charge on any atom is 0.233 e. The summed E-state index contributed by atoms with van der Waals surface area (Å²) in [6.45, 7) is 4.35. The molecular formula is C17H19ClN+. The average molecular weight is 273 g/mol. The molecule has 0 aliphatic carbocycles. The summed E-state index contributed by atoms with van der Waals surface area (Å²) >= 11 is 6.06. The minimum absolute atomic E-state index is 0.244. The van der Waals surface area contributed by atoms with Crippen LogP contribution in [0.2, 0.25) is 0 Å². The van der Waals surface area contributed by atoms with Gasteiger partial charge in [-0.2, -0.15) is 0 Å². The quantitative estimate of drug-likeness (QED) is 0.556. The number of rotatable bonds is 4. The van der Waals surface area contributed by atoms with Crippen molar-refractivity contribution in [2.75, 3.05) is 0 Å². The Kier molecular flexibility index (Phi) is 4.75. The average Bonchev–Trinajstić information content (AvgIpc) is 2.49. The second kappa shape index (κ2) is 6.53.